The van der Waals surface area contributed by atoms with Gasteiger partial charge in [0.05, 0.1) is 19.3 Å². The highest BCUT2D eigenvalue weighted by molar-refractivity contribution is 4.85. The van der Waals surface area contributed by atoms with Gasteiger partial charge in [0.1, 0.15) is 0 Å². The third kappa shape index (κ3) is 2.92. The van der Waals surface area contributed by atoms with Crippen molar-refractivity contribution < 1.29 is 9.47 Å². The zero-order chi connectivity index (χ0) is 10.5. The van der Waals surface area contributed by atoms with Gasteiger partial charge in [0.2, 0.25) is 0 Å². The quantitative estimate of drug-likeness (QED) is 0.712. The minimum absolute atomic E-state index is 0.474. The second-order valence-electron chi connectivity index (χ2n) is 4.49. The van der Waals surface area contributed by atoms with Gasteiger partial charge in [-0.3, -0.25) is 4.90 Å². The second kappa shape index (κ2) is 5.83. The monoisotopic (exact) mass is 213 g/mol. The van der Waals surface area contributed by atoms with E-state index in [1.165, 1.54) is 25.7 Å². The molecule has 3 nitrogen and oxygen atoms in total. The largest absolute Gasteiger partial charge is 0.379 e. The Hall–Kier alpha value is -0.120. The van der Waals surface area contributed by atoms with Gasteiger partial charge in [-0.2, -0.15) is 0 Å². The molecule has 1 saturated carbocycles. The van der Waals surface area contributed by atoms with Gasteiger partial charge in [-0.05, 0) is 19.8 Å². The maximum absolute atomic E-state index is 5.87. The fourth-order valence-corrected chi connectivity index (χ4v) is 2.81. The van der Waals surface area contributed by atoms with Gasteiger partial charge >= 0.3 is 0 Å². The molecule has 2 aliphatic rings. The Morgan fingerprint density at radius 1 is 1.20 bits per heavy atom. The van der Waals surface area contributed by atoms with E-state index in [4.69, 9.17) is 9.47 Å². The predicted octanol–water partition coefficient (Wildman–Crippen LogP) is 1.67. The van der Waals surface area contributed by atoms with Crippen molar-refractivity contribution in [3.63, 3.8) is 0 Å². The van der Waals surface area contributed by atoms with Crippen LogP contribution in [0.2, 0.25) is 0 Å². The summed E-state index contributed by atoms with van der Waals surface area (Å²) in [6, 6.07) is 0.655. The molecule has 0 spiro atoms. The van der Waals surface area contributed by atoms with Crippen LogP contribution in [-0.4, -0.2) is 50.0 Å². The highest BCUT2D eigenvalue weighted by Crippen LogP contribution is 2.26. The Bertz CT molecular complexity index is 168. The summed E-state index contributed by atoms with van der Waals surface area (Å²) in [7, 11) is 0. The third-order valence-electron chi connectivity index (χ3n) is 3.56. The fourth-order valence-electron chi connectivity index (χ4n) is 2.81. The van der Waals surface area contributed by atoms with Crippen LogP contribution < -0.4 is 0 Å². The molecule has 1 aliphatic carbocycles. The minimum Gasteiger partial charge on any atom is -0.379 e. The smallest absolute Gasteiger partial charge is 0.0730 e. The molecule has 0 unspecified atom stereocenters. The Morgan fingerprint density at radius 2 is 1.93 bits per heavy atom. The van der Waals surface area contributed by atoms with E-state index in [1.807, 2.05) is 0 Å². The van der Waals surface area contributed by atoms with Crippen molar-refractivity contribution in [2.75, 3.05) is 32.9 Å². The zero-order valence-corrected chi connectivity index (χ0v) is 9.78. The van der Waals surface area contributed by atoms with Crippen LogP contribution in [0.15, 0.2) is 0 Å². The molecule has 88 valence electrons. The normalized spacial score (nSPS) is 34.2. The third-order valence-corrected chi connectivity index (χ3v) is 3.56. The maximum atomic E-state index is 5.87. The minimum atomic E-state index is 0.474. The molecule has 2 atom stereocenters. The Morgan fingerprint density at radius 3 is 2.67 bits per heavy atom. The molecule has 0 N–H and O–H groups in total. The van der Waals surface area contributed by atoms with Crippen molar-refractivity contribution in [1.82, 2.24) is 4.90 Å². The van der Waals surface area contributed by atoms with Gasteiger partial charge in [-0.1, -0.05) is 12.8 Å². The molecule has 0 aromatic heterocycles. The summed E-state index contributed by atoms with van der Waals surface area (Å²) in [6.45, 7) is 6.93. The van der Waals surface area contributed by atoms with E-state index in [0.717, 1.165) is 32.9 Å². The van der Waals surface area contributed by atoms with E-state index >= 15 is 0 Å². The molecule has 0 amide bonds. The molecular weight excluding hydrogens is 190 g/mol. The van der Waals surface area contributed by atoms with Crippen LogP contribution in [0.25, 0.3) is 0 Å². The summed E-state index contributed by atoms with van der Waals surface area (Å²) >= 11 is 0. The Labute approximate surface area is 92.7 Å². The fraction of sp³-hybridized carbons (Fsp3) is 1.00. The lowest BCUT2D eigenvalue weighted by Crippen LogP contribution is -2.51. The van der Waals surface area contributed by atoms with Crippen molar-refractivity contribution in [3.8, 4) is 0 Å². The molecule has 2 rings (SSSR count). The number of nitrogens with zero attached hydrogens (tertiary/aromatic N) is 1. The van der Waals surface area contributed by atoms with E-state index in [2.05, 4.69) is 11.8 Å². The molecule has 0 aromatic rings. The average Bonchev–Trinajstić information content (AvgIpc) is 2.31. The first-order chi connectivity index (χ1) is 7.42. The van der Waals surface area contributed by atoms with Gasteiger partial charge in [-0.25, -0.2) is 0 Å². The van der Waals surface area contributed by atoms with Crippen molar-refractivity contribution in [3.05, 3.63) is 0 Å². The molecule has 1 heterocycles. The molecule has 1 saturated heterocycles. The summed E-state index contributed by atoms with van der Waals surface area (Å²) in [4.78, 5) is 2.57. The van der Waals surface area contributed by atoms with Crippen molar-refractivity contribution in [1.29, 1.82) is 0 Å². The van der Waals surface area contributed by atoms with Crippen LogP contribution in [0.5, 0.6) is 0 Å². The summed E-state index contributed by atoms with van der Waals surface area (Å²) < 4.78 is 11.3. The SMILES string of the molecule is CCO[C@H]1CCCC[C@@H]1N1CCOCC1. The molecule has 0 bridgehead atoms. The summed E-state index contributed by atoms with van der Waals surface area (Å²) in [5.41, 5.74) is 0. The van der Waals surface area contributed by atoms with E-state index < -0.39 is 0 Å². The number of hydrogen-bond acceptors (Lipinski definition) is 3. The molecule has 1 aliphatic heterocycles. The van der Waals surface area contributed by atoms with E-state index in [1.54, 1.807) is 0 Å². The van der Waals surface area contributed by atoms with Crippen molar-refractivity contribution >= 4 is 0 Å². The number of morpholine rings is 1. The van der Waals surface area contributed by atoms with Crippen LogP contribution in [-0.2, 0) is 9.47 Å². The van der Waals surface area contributed by atoms with E-state index in [0.29, 0.717) is 12.1 Å². The van der Waals surface area contributed by atoms with Gasteiger partial charge in [0, 0.05) is 25.7 Å². The number of ether oxygens (including phenoxy) is 2. The summed E-state index contributed by atoms with van der Waals surface area (Å²) in [5.74, 6) is 0. The van der Waals surface area contributed by atoms with Crippen LogP contribution in [0.4, 0.5) is 0 Å². The maximum Gasteiger partial charge on any atom is 0.0730 e. The van der Waals surface area contributed by atoms with Crippen LogP contribution in [0, 0.1) is 0 Å². The van der Waals surface area contributed by atoms with Gasteiger partial charge in [0.25, 0.3) is 0 Å². The Kier molecular flexibility index (Phi) is 4.42. The standard InChI is InChI=1S/C12H23NO2/c1-2-15-12-6-4-3-5-11(12)13-7-9-14-10-8-13/h11-12H,2-10H2,1H3/t11-,12-/m0/s1. The van der Waals surface area contributed by atoms with Crippen molar-refractivity contribution in [2.24, 2.45) is 0 Å². The molecule has 2 fully saturated rings. The molecule has 0 aromatic carbocycles. The lowest BCUT2D eigenvalue weighted by atomic mass is 9.91. The van der Waals surface area contributed by atoms with Crippen LogP contribution in [0.3, 0.4) is 0 Å². The second-order valence-corrected chi connectivity index (χ2v) is 4.49. The first kappa shape index (κ1) is 11.4. The number of rotatable bonds is 3. The molecule has 3 heteroatoms. The van der Waals surface area contributed by atoms with Gasteiger partial charge in [0.15, 0.2) is 0 Å². The zero-order valence-electron chi connectivity index (χ0n) is 9.78. The highest BCUT2D eigenvalue weighted by Gasteiger charge is 2.31. The number of hydrogen-bond donors (Lipinski definition) is 0. The van der Waals surface area contributed by atoms with E-state index in [9.17, 15) is 0 Å². The molecule has 0 radical (unpaired) electrons. The Balaban J connectivity index is 1.90. The topological polar surface area (TPSA) is 21.7 Å². The van der Waals surface area contributed by atoms with Crippen molar-refractivity contribution in [2.45, 2.75) is 44.8 Å². The summed E-state index contributed by atoms with van der Waals surface area (Å²) in [5, 5.41) is 0. The van der Waals surface area contributed by atoms with Crippen LogP contribution >= 0.6 is 0 Å². The first-order valence-corrected chi connectivity index (χ1v) is 6.35. The molecular formula is C12H23NO2. The first-order valence-electron chi connectivity index (χ1n) is 6.35. The van der Waals surface area contributed by atoms with Gasteiger partial charge in [-0.15, -0.1) is 0 Å². The summed E-state index contributed by atoms with van der Waals surface area (Å²) in [6.07, 6.45) is 5.74. The lowest BCUT2D eigenvalue weighted by molar-refractivity contribution is -0.0624. The lowest BCUT2D eigenvalue weighted by Gasteiger charge is -2.41. The van der Waals surface area contributed by atoms with Crippen LogP contribution in [0.1, 0.15) is 32.6 Å². The molecule has 15 heavy (non-hydrogen) atoms. The highest BCUT2D eigenvalue weighted by atomic mass is 16.5. The van der Waals surface area contributed by atoms with Gasteiger partial charge < -0.3 is 9.47 Å². The van der Waals surface area contributed by atoms with E-state index in [-0.39, 0.29) is 0 Å². The predicted molar refractivity (Wildman–Crippen MR) is 60.1 cm³/mol. The average molecular weight is 213 g/mol.